The lowest BCUT2D eigenvalue weighted by Crippen LogP contribution is -2.63. The van der Waals surface area contributed by atoms with Gasteiger partial charge in [-0.05, 0) is 42.9 Å². The lowest BCUT2D eigenvalue weighted by molar-refractivity contribution is -0.125. The van der Waals surface area contributed by atoms with Gasteiger partial charge in [-0.2, -0.15) is 0 Å². The van der Waals surface area contributed by atoms with E-state index >= 15 is 0 Å². The van der Waals surface area contributed by atoms with E-state index in [1.165, 1.54) is 4.90 Å². The molecule has 2 heterocycles. The van der Waals surface area contributed by atoms with Crippen molar-refractivity contribution >= 4 is 45.3 Å². The second-order valence-electron chi connectivity index (χ2n) is 10.8. The van der Waals surface area contributed by atoms with Gasteiger partial charge in [0.1, 0.15) is 16.2 Å². The van der Waals surface area contributed by atoms with Gasteiger partial charge >= 0.3 is 6.03 Å². The van der Waals surface area contributed by atoms with Crippen LogP contribution >= 0.6 is 23.5 Å². The average molecular weight is 622 g/mol. The molecule has 0 aliphatic carbocycles. The number of carbonyl (C=O) groups is 2. The number of nitrogens with one attached hydrogen (secondary N) is 2. The topological polar surface area (TPSA) is 125 Å². The number of thioether (sulfide) groups is 2. The maximum atomic E-state index is 13.8. The zero-order valence-electron chi connectivity index (χ0n) is 23.5. The summed E-state index contributed by atoms with van der Waals surface area (Å²) >= 11 is 3.30. The molecule has 0 bridgehead atoms. The molecular weight excluding hydrogens is 583 g/mol. The molecule has 0 spiro atoms. The van der Waals surface area contributed by atoms with Crippen molar-refractivity contribution in [3.05, 3.63) is 71.8 Å². The van der Waals surface area contributed by atoms with Crippen LogP contribution in [0.1, 0.15) is 31.4 Å². The van der Waals surface area contributed by atoms with Gasteiger partial charge in [-0.15, -0.1) is 23.5 Å². The second-order valence-corrected chi connectivity index (χ2v) is 15.9. The van der Waals surface area contributed by atoms with E-state index < -0.39 is 49.3 Å². The highest BCUT2D eigenvalue weighted by Gasteiger charge is 2.50. The van der Waals surface area contributed by atoms with Crippen LogP contribution < -0.4 is 10.6 Å². The number of nitrogens with zero attached hydrogens (tertiary/aromatic N) is 1. The van der Waals surface area contributed by atoms with Crippen LogP contribution in [0.25, 0.3) is 0 Å². The van der Waals surface area contributed by atoms with Crippen LogP contribution in [0.4, 0.5) is 4.79 Å². The van der Waals surface area contributed by atoms with Crippen LogP contribution in [-0.4, -0.2) is 91.6 Å². The van der Waals surface area contributed by atoms with Crippen LogP contribution in [-0.2, 0) is 29.2 Å². The minimum Gasteiger partial charge on any atom is -0.388 e. The zero-order valence-corrected chi connectivity index (χ0v) is 25.9. The molecule has 3 N–H and O–H groups in total. The molecule has 2 aliphatic rings. The maximum absolute atomic E-state index is 13.8. The first kappa shape index (κ1) is 31.7. The van der Waals surface area contributed by atoms with E-state index in [0.717, 1.165) is 23.5 Å². The van der Waals surface area contributed by atoms with Crippen molar-refractivity contribution in [2.45, 2.75) is 47.8 Å². The minimum atomic E-state index is -3.80. The molecule has 0 radical (unpaired) electrons. The molecule has 2 aliphatic heterocycles. The van der Waals surface area contributed by atoms with Crippen molar-refractivity contribution in [1.29, 1.82) is 0 Å². The summed E-state index contributed by atoms with van der Waals surface area (Å²) in [6, 6.07) is 16.6. The molecule has 41 heavy (non-hydrogen) atoms. The van der Waals surface area contributed by atoms with Crippen LogP contribution in [0.5, 0.6) is 0 Å². The van der Waals surface area contributed by atoms with Gasteiger partial charge in [0, 0.05) is 13.1 Å². The first-order chi connectivity index (χ1) is 19.5. The van der Waals surface area contributed by atoms with Gasteiger partial charge in [-0.25, -0.2) is 13.2 Å². The molecule has 2 atom stereocenters. The molecule has 2 aromatic carbocycles. The Bertz CT molecular complexity index is 1270. The number of rotatable bonds is 10. The number of aliphatic hydroxyl groups excluding tert-OH is 1. The van der Waals surface area contributed by atoms with E-state index in [9.17, 15) is 23.1 Å². The molecular formula is C29H39N3O6S3. The van der Waals surface area contributed by atoms with Gasteiger partial charge in [-0.1, -0.05) is 60.7 Å². The molecule has 3 amide bonds. The highest BCUT2D eigenvalue weighted by Crippen LogP contribution is 2.54. The Morgan fingerprint density at radius 3 is 2.22 bits per heavy atom. The smallest absolute Gasteiger partial charge is 0.318 e. The Morgan fingerprint density at radius 1 is 1.02 bits per heavy atom. The summed E-state index contributed by atoms with van der Waals surface area (Å²) in [4.78, 5) is 28.4. The van der Waals surface area contributed by atoms with Gasteiger partial charge < -0.3 is 25.4 Å². The summed E-state index contributed by atoms with van der Waals surface area (Å²) < 4.78 is 31.1. The van der Waals surface area contributed by atoms with Crippen LogP contribution in [0.15, 0.2) is 60.7 Å². The fourth-order valence-corrected chi connectivity index (χ4v) is 10.3. The van der Waals surface area contributed by atoms with Crippen LogP contribution in [0, 0.1) is 0 Å². The Labute approximate surface area is 251 Å². The molecule has 2 aromatic rings. The summed E-state index contributed by atoms with van der Waals surface area (Å²) in [5, 5.41) is 17.4. The molecule has 224 valence electrons. The summed E-state index contributed by atoms with van der Waals surface area (Å²) in [5.41, 5.74) is 0.389. The number of urea groups is 1. The fraction of sp³-hybridized carbons (Fsp3) is 0.517. The SMILES string of the molecule is CC(C)(NC(=O)[C@H](CS(=O)(=O)Cc1ccccc1)NC(=O)N1CCOCC1)C(O)C1(c2ccccc2)SCCCS1. The van der Waals surface area contributed by atoms with Gasteiger partial charge in [0.05, 0.1) is 30.3 Å². The first-order valence-electron chi connectivity index (χ1n) is 13.7. The molecule has 4 rings (SSSR count). The summed E-state index contributed by atoms with van der Waals surface area (Å²) in [6.45, 7) is 4.88. The second kappa shape index (κ2) is 13.8. The largest absolute Gasteiger partial charge is 0.388 e. The van der Waals surface area contributed by atoms with E-state index in [0.29, 0.717) is 31.9 Å². The third kappa shape index (κ3) is 8.19. The van der Waals surface area contributed by atoms with Crippen LogP contribution in [0.2, 0.25) is 0 Å². The summed E-state index contributed by atoms with van der Waals surface area (Å²) in [7, 11) is -3.80. The first-order valence-corrected chi connectivity index (χ1v) is 17.5. The number of hydrogen-bond donors (Lipinski definition) is 3. The number of hydrogen-bond acceptors (Lipinski definition) is 8. The molecule has 1 unspecified atom stereocenters. The Hall–Kier alpha value is -2.25. The quantitative estimate of drug-likeness (QED) is 0.370. The molecule has 2 fully saturated rings. The monoisotopic (exact) mass is 621 g/mol. The standard InChI is InChI=1S/C29H39N3O6S3/c1-28(2,26(34)29(39-18-9-19-40-29)23-12-7-4-8-13-23)31-25(33)24(30-27(35)32-14-16-38-17-15-32)21-41(36,37)20-22-10-5-3-6-11-22/h3-8,10-13,24,26,34H,9,14-21H2,1-2H3,(H,30,35)(H,31,33)/t24-,26?/m0/s1. The molecule has 0 aromatic heterocycles. The van der Waals surface area contributed by atoms with Gasteiger partial charge in [0.15, 0.2) is 9.84 Å². The minimum absolute atomic E-state index is 0.262. The van der Waals surface area contributed by atoms with Gasteiger partial charge in [0.2, 0.25) is 5.91 Å². The van der Waals surface area contributed by atoms with Gasteiger partial charge in [0.25, 0.3) is 0 Å². The van der Waals surface area contributed by atoms with Gasteiger partial charge in [-0.3, -0.25) is 4.79 Å². The lowest BCUT2D eigenvalue weighted by Gasteiger charge is -2.47. The van der Waals surface area contributed by atoms with Crippen molar-refractivity contribution < 1.29 is 27.9 Å². The predicted molar refractivity (Wildman–Crippen MR) is 165 cm³/mol. The van der Waals surface area contributed by atoms with Crippen molar-refractivity contribution in [3.8, 4) is 0 Å². The van der Waals surface area contributed by atoms with E-state index in [2.05, 4.69) is 10.6 Å². The van der Waals surface area contributed by atoms with E-state index in [1.54, 1.807) is 67.7 Å². The zero-order chi connectivity index (χ0) is 29.5. The Balaban J connectivity index is 1.56. The van der Waals surface area contributed by atoms with E-state index in [4.69, 9.17) is 4.74 Å². The third-order valence-corrected chi connectivity index (χ3v) is 12.2. The third-order valence-electron chi connectivity index (χ3n) is 7.15. The number of morpholine rings is 1. The summed E-state index contributed by atoms with van der Waals surface area (Å²) in [5.74, 6) is 0.212. The van der Waals surface area contributed by atoms with E-state index in [1.807, 2.05) is 30.3 Å². The lowest BCUT2D eigenvalue weighted by atomic mass is 9.90. The highest BCUT2D eigenvalue weighted by atomic mass is 32.2. The van der Waals surface area contributed by atoms with Crippen molar-refractivity contribution in [2.75, 3.05) is 43.6 Å². The number of benzene rings is 2. The Kier molecular flexibility index (Phi) is 10.7. The van der Waals surface area contributed by atoms with E-state index in [-0.39, 0.29) is 5.75 Å². The maximum Gasteiger partial charge on any atom is 0.318 e. The molecule has 12 heteroatoms. The molecule has 0 saturated carbocycles. The predicted octanol–water partition coefficient (Wildman–Crippen LogP) is 2.99. The highest BCUT2D eigenvalue weighted by molar-refractivity contribution is 8.18. The fourth-order valence-electron chi connectivity index (χ4n) is 4.98. The van der Waals surface area contributed by atoms with Crippen molar-refractivity contribution in [1.82, 2.24) is 15.5 Å². The Morgan fingerprint density at radius 2 is 1.61 bits per heavy atom. The molecule has 9 nitrogen and oxygen atoms in total. The summed E-state index contributed by atoms with van der Waals surface area (Å²) in [6.07, 6.45) is -0.00797. The van der Waals surface area contributed by atoms with Crippen molar-refractivity contribution in [3.63, 3.8) is 0 Å². The normalized spacial score (nSPS) is 19.1. The average Bonchev–Trinajstić information content (AvgIpc) is 2.97. The number of carbonyl (C=O) groups excluding carboxylic acids is 2. The number of aliphatic hydroxyl groups is 1. The molecule has 2 saturated heterocycles. The number of ether oxygens (including phenoxy) is 1. The number of sulfone groups is 1. The number of amides is 3. The van der Waals surface area contributed by atoms with Crippen LogP contribution in [0.3, 0.4) is 0 Å². The van der Waals surface area contributed by atoms with Crippen molar-refractivity contribution in [2.24, 2.45) is 0 Å².